The number of likely N-dealkylation sites (N-methyl/N-ethyl adjacent to an activating group) is 1. The third-order valence-electron chi connectivity index (χ3n) is 6.54. The molecule has 2 aromatic rings. The molecule has 1 fully saturated rings. The molecule has 2 heterocycles. The number of benzene rings is 2. The van der Waals surface area contributed by atoms with Crippen molar-refractivity contribution in [2.45, 2.75) is 45.1 Å². The van der Waals surface area contributed by atoms with Crippen molar-refractivity contribution in [2.24, 2.45) is 0 Å². The SMILES string of the molecule is CCCCOc1ccc(C(=O)NC[C@@H](c2ccc3c(c2)CCN3C)N2CCCC2)cc1. The Morgan fingerprint density at radius 3 is 2.61 bits per heavy atom. The Labute approximate surface area is 186 Å². The Morgan fingerprint density at radius 2 is 1.87 bits per heavy atom. The van der Waals surface area contributed by atoms with Crippen LogP contribution in [0.4, 0.5) is 5.69 Å². The Morgan fingerprint density at radius 1 is 1.10 bits per heavy atom. The highest BCUT2D eigenvalue weighted by atomic mass is 16.5. The second-order valence-electron chi connectivity index (χ2n) is 8.75. The Kier molecular flexibility index (Phi) is 7.13. The highest BCUT2D eigenvalue weighted by Gasteiger charge is 2.26. The van der Waals surface area contributed by atoms with E-state index in [1.807, 2.05) is 24.3 Å². The molecule has 1 amide bonds. The topological polar surface area (TPSA) is 44.8 Å². The number of fused-ring (bicyclic) bond motifs is 1. The van der Waals surface area contributed by atoms with Gasteiger partial charge in [0.1, 0.15) is 5.75 Å². The van der Waals surface area contributed by atoms with Crippen molar-refractivity contribution in [1.29, 1.82) is 0 Å². The summed E-state index contributed by atoms with van der Waals surface area (Å²) in [5.74, 6) is 0.799. The number of amides is 1. The normalized spacial score (nSPS) is 16.9. The molecule has 31 heavy (non-hydrogen) atoms. The van der Waals surface area contributed by atoms with Crippen LogP contribution in [0, 0.1) is 0 Å². The summed E-state index contributed by atoms with van der Waals surface area (Å²) in [7, 11) is 2.16. The summed E-state index contributed by atoms with van der Waals surface area (Å²) in [5.41, 5.74) is 4.76. The van der Waals surface area contributed by atoms with E-state index < -0.39 is 0 Å². The molecule has 1 N–H and O–H groups in total. The molecule has 166 valence electrons. The maximum absolute atomic E-state index is 12.8. The Balaban J connectivity index is 1.41. The van der Waals surface area contributed by atoms with E-state index in [0.717, 1.165) is 51.3 Å². The van der Waals surface area contributed by atoms with E-state index in [4.69, 9.17) is 4.74 Å². The molecule has 0 aromatic heterocycles. The summed E-state index contributed by atoms with van der Waals surface area (Å²) in [4.78, 5) is 17.7. The summed E-state index contributed by atoms with van der Waals surface area (Å²) in [5, 5.41) is 3.19. The fraction of sp³-hybridized carbons (Fsp3) is 0.500. The van der Waals surface area contributed by atoms with Crippen LogP contribution < -0.4 is 15.0 Å². The van der Waals surface area contributed by atoms with Crippen LogP contribution in [0.15, 0.2) is 42.5 Å². The average molecular weight is 422 g/mol. The van der Waals surface area contributed by atoms with Crippen LogP contribution in [0.5, 0.6) is 5.75 Å². The zero-order valence-electron chi connectivity index (χ0n) is 18.9. The number of hydrogen-bond acceptors (Lipinski definition) is 4. The van der Waals surface area contributed by atoms with E-state index >= 15 is 0 Å². The number of rotatable bonds is 9. The number of unbranched alkanes of at least 4 members (excludes halogenated alkanes) is 1. The number of likely N-dealkylation sites (tertiary alicyclic amines) is 1. The molecule has 2 aromatic carbocycles. The fourth-order valence-corrected chi connectivity index (χ4v) is 4.63. The molecule has 0 saturated carbocycles. The Bertz CT molecular complexity index is 875. The van der Waals surface area contributed by atoms with Crippen molar-refractivity contribution in [3.8, 4) is 5.75 Å². The lowest BCUT2D eigenvalue weighted by Crippen LogP contribution is -2.36. The van der Waals surface area contributed by atoms with E-state index in [1.165, 1.54) is 29.7 Å². The molecule has 1 atom stereocenters. The smallest absolute Gasteiger partial charge is 0.251 e. The summed E-state index contributed by atoms with van der Waals surface area (Å²) < 4.78 is 5.71. The van der Waals surface area contributed by atoms with Crippen LogP contribution in [0.1, 0.15) is 60.1 Å². The first-order chi connectivity index (χ1) is 15.2. The lowest BCUT2D eigenvalue weighted by molar-refractivity contribution is 0.0938. The maximum atomic E-state index is 12.8. The van der Waals surface area contributed by atoms with Gasteiger partial charge in [-0.15, -0.1) is 0 Å². The van der Waals surface area contributed by atoms with Gasteiger partial charge in [-0.25, -0.2) is 0 Å². The van der Waals surface area contributed by atoms with Crippen molar-refractivity contribution in [2.75, 3.05) is 44.7 Å². The van der Waals surface area contributed by atoms with Crippen LogP contribution in [0.3, 0.4) is 0 Å². The number of nitrogens with zero attached hydrogens (tertiary/aromatic N) is 2. The standard InChI is InChI=1S/C26H35N3O2/c1-3-4-17-31-23-10-7-20(8-11-23)26(30)27-19-25(29-14-5-6-15-29)21-9-12-24-22(18-21)13-16-28(24)2/h7-12,18,25H,3-6,13-17,19H2,1-2H3,(H,27,30)/t25-/m0/s1. The average Bonchev–Trinajstić information content (AvgIpc) is 3.45. The van der Waals surface area contributed by atoms with Crippen LogP contribution in [-0.2, 0) is 6.42 Å². The largest absolute Gasteiger partial charge is 0.494 e. The molecular formula is C26H35N3O2. The minimum absolute atomic E-state index is 0.0230. The number of hydrogen-bond donors (Lipinski definition) is 1. The molecule has 0 bridgehead atoms. The quantitative estimate of drug-likeness (QED) is 0.609. The van der Waals surface area contributed by atoms with E-state index in [-0.39, 0.29) is 11.9 Å². The predicted molar refractivity (Wildman–Crippen MR) is 126 cm³/mol. The predicted octanol–water partition coefficient (Wildman–Crippen LogP) is 4.42. The zero-order valence-corrected chi connectivity index (χ0v) is 18.9. The first kappa shape index (κ1) is 21.7. The van der Waals surface area contributed by atoms with Crippen molar-refractivity contribution >= 4 is 11.6 Å². The first-order valence-electron chi connectivity index (χ1n) is 11.7. The molecule has 2 aliphatic heterocycles. The number of ether oxygens (including phenoxy) is 1. The van der Waals surface area contributed by atoms with Gasteiger partial charge in [-0.3, -0.25) is 9.69 Å². The third-order valence-corrected chi connectivity index (χ3v) is 6.54. The third kappa shape index (κ3) is 5.21. The number of anilines is 1. The highest BCUT2D eigenvalue weighted by Crippen LogP contribution is 2.32. The molecule has 5 nitrogen and oxygen atoms in total. The summed E-state index contributed by atoms with van der Waals surface area (Å²) >= 11 is 0. The van der Waals surface area contributed by atoms with Gasteiger partial charge in [-0.2, -0.15) is 0 Å². The number of carbonyl (C=O) groups excluding carboxylic acids is 1. The van der Waals surface area contributed by atoms with Crippen LogP contribution in [0.25, 0.3) is 0 Å². The minimum atomic E-state index is -0.0230. The Hall–Kier alpha value is -2.53. The molecule has 0 radical (unpaired) electrons. The van der Waals surface area contributed by atoms with E-state index in [0.29, 0.717) is 12.1 Å². The molecule has 0 spiro atoms. The van der Waals surface area contributed by atoms with Gasteiger partial charge in [-0.1, -0.05) is 25.5 Å². The second kappa shape index (κ2) is 10.2. The van der Waals surface area contributed by atoms with Crippen molar-refractivity contribution in [3.05, 3.63) is 59.2 Å². The number of nitrogens with one attached hydrogen (secondary N) is 1. The van der Waals surface area contributed by atoms with Gasteiger partial charge >= 0.3 is 0 Å². The molecular weight excluding hydrogens is 386 g/mol. The van der Waals surface area contributed by atoms with E-state index in [9.17, 15) is 4.79 Å². The summed E-state index contributed by atoms with van der Waals surface area (Å²) in [6.07, 6.45) is 5.72. The zero-order chi connectivity index (χ0) is 21.6. The number of carbonyl (C=O) groups is 1. The van der Waals surface area contributed by atoms with Gasteiger partial charge < -0.3 is 15.0 Å². The lowest BCUT2D eigenvalue weighted by atomic mass is 10.0. The summed E-state index contributed by atoms with van der Waals surface area (Å²) in [6.45, 7) is 6.77. The fourth-order valence-electron chi connectivity index (χ4n) is 4.63. The molecule has 5 heteroatoms. The van der Waals surface area contributed by atoms with Gasteiger partial charge in [0.25, 0.3) is 5.91 Å². The van der Waals surface area contributed by atoms with Crippen molar-refractivity contribution in [1.82, 2.24) is 10.2 Å². The lowest BCUT2D eigenvalue weighted by Gasteiger charge is -2.29. The van der Waals surface area contributed by atoms with Gasteiger partial charge in [0.05, 0.1) is 12.6 Å². The monoisotopic (exact) mass is 421 g/mol. The van der Waals surface area contributed by atoms with Gasteiger partial charge in [-0.05, 0) is 80.2 Å². The minimum Gasteiger partial charge on any atom is -0.494 e. The molecule has 4 rings (SSSR count). The van der Waals surface area contributed by atoms with Crippen molar-refractivity contribution in [3.63, 3.8) is 0 Å². The van der Waals surface area contributed by atoms with Crippen LogP contribution in [0.2, 0.25) is 0 Å². The van der Waals surface area contributed by atoms with Crippen molar-refractivity contribution < 1.29 is 9.53 Å². The van der Waals surface area contributed by atoms with Crippen LogP contribution in [-0.4, -0.2) is 50.6 Å². The van der Waals surface area contributed by atoms with Gasteiger partial charge in [0.2, 0.25) is 0 Å². The maximum Gasteiger partial charge on any atom is 0.251 e. The second-order valence-corrected chi connectivity index (χ2v) is 8.75. The van der Waals surface area contributed by atoms with E-state index in [2.05, 4.69) is 47.3 Å². The molecule has 0 aliphatic carbocycles. The molecule has 1 saturated heterocycles. The highest BCUT2D eigenvalue weighted by molar-refractivity contribution is 5.94. The summed E-state index contributed by atoms with van der Waals surface area (Å²) in [6, 6.07) is 14.6. The first-order valence-corrected chi connectivity index (χ1v) is 11.7. The van der Waals surface area contributed by atoms with Crippen LogP contribution >= 0.6 is 0 Å². The van der Waals surface area contributed by atoms with E-state index in [1.54, 1.807) is 0 Å². The van der Waals surface area contributed by atoms with Gasteiger partial charge in [0.15, 0.2) is 0 Å². The molecule has 2 aliphatic rings. The molecule has 0 unspecified atom stereocenters. The van der Waals surface area contributed by atoms with Gasteiger partial charge in [0, 0.05) is 31.4 Å².